The van der Waals surface area contributed by atoms with Gasteiger partial charge >= 0.3 is 0 Å². The van der Waals surface area contributed by atoms with Crippen LogP contribution >= 0.6 is 11.6 Å². The number of rotatable bonds is 5. The Kier molecular flexibility index (Phi) is 4.86. The van der Waals surface area contributed by atoms with Gasteiger partial charge in [0.15, 0.2) is 0 Å². The molecule has 3 N–H and O–H groups in total. The van der Waals surface area contributed by atoms with Crippen LogP contribution in [-0.2, 0) is 0 Å². The van der Waals surface area contributed by atoms with Gasteiger partial charge in [0, 0.05) is 34.6 Å². The number of hydrogen-bond donors (Lipinski definition) is 2. The summed E-state index contributed by atoms with van der Waals surface area (Å²) in [6.07, 6.45) is 0. The molecular weight excluding hydrogens is 308 g/mol. The number of fused-ring (bicyclic) bond motifs is 1. The van der Waals surface area contributed by atoms with E-state index < -0.39 is 0 Å². The Balaban J connectivity index is 1.98. The van der Waals surface area contributed by atoms with Crippen molar-refractivity contribution in [3.63, 3.8) is 0 Å². The predicted molar refractivity (Wildman–Crippen MR) is 97.1 cm³/mol. The molecule has 3 aromatic rings. The first-order valence-electron chi connectivity index (χ1n) is 7.41. The fraction of sp³-hybridized carbons (Fsp3) is 0.111. The first-order valence-corrected chi connectivity index (χ1v) is 7.79. The van der Waals surface area contributed by atoms with Crippen molar-refractivity contribution in [2.24, 2.45) is 16.0 Å². The summed E-state index contributed by atoms with van der Waals surface area (Å²) in [5.41, 5.74) is 8.16. The van der Waals surface area contributed by atoms with Crippen molar-refractivity contribution < 1.29 is 0 Å². The summed E-state index contributed by atoms with van der Waals surface area (Å²) >= 11 is 5.97. The number of benzene rings is 3. The quantitative estimate of drug-likeness (QED) is 0.627. The number of hydrogen-bond acceptors (Lipinski definition) is 4. The van der Waals surface area contributed by atoms with Crippen LogP contribution in [0.15, 0.2) is 70.9 Å². The van der Waals surface area contributed by atoms with Gasteiger partial charge in [-0.3, -0.25) is 0 Å². The summed E-state index contributed by atoms with van der Waals surface area (Å²) in [6, 6.07) is 19.4. The van der Waals surface area contributed by atoms with E-state index in [0.29, 0.717) is 11.6 Å². The lowest BCUT2D eigenvalue weighted by molar-refractivity contribution is 1.03. The molecule has 0 unspecified atom stereocenters. The molecule has 0 amide bonds. The van der Waals surface area contributed by atoms with Crippen molar-refractivity contribution in [3.8, 4) is 0 Å². The van der Waals surface area contributed by atoms with E-state index in [4.69, 9.17) is 17.3 Å². The van der Waals surface area contributed by atoms with Gasteiger partial charge in [0.1, 0.15) is 0 Å². The molecule has 0 heterocycles. The fourth-order valence-corrected chi connectivity index (χ4v) is 2.57. The average molecular weight is 325 g/mol. The van der Waals surface area contributed by atoms with E-state index in [-0.39, 0.29) is 0 Å². The van der Waals surface area contributed by atoms with Crippen LogP contribution in [0.4, 0.5) is 17.1 Å². The maximum Gasteiger partial charge on any atom is 0.0936 e. The van der Waals surface area contributed by atoms with Crippen LogP contribution in [-0.4, -0.2) is 13.1 Å². The highest BCUT2D eigenvalue weighted by Crippen LogP contribution is 2.33. The Morgan fingerprint density at radius 1 is 0.913 bits per heavy atom. The monoisotopic (exact) mass is 324 g/mol. The second-order valence-corrected chi connectivity index (χ2v) is 5.51. The number of anilines is 1. The van der Waals surface area contributed by atoms with Crippen molar-refractivity contribution in [1.29, 1.82) is 0 Å². The lowest BCUT2D eigenvalue weighted by atomic mass is 10.1. The number of halogens is 1. The van der Waals surface area contributed by atoms with Crippen LogP contribution in [0.3, 0.4) is 0 Å². The smallest absolute Gasteiger partial charge is 0.0936 e. The van der Waals surface area contributed by atoms with Crippen LogP contribution in [0.2, 0.25) is 5.02 Å². The number of nitrogens with two attached hydrogens (primary N) is 1. The van der Waals surface area contributed by atoms with Crippen LogP contribution in [0, 0.1) is 0 Å². The molecule has 0 aliphatic heterocycles. The molecule has 0 atom stereocenters. The van der Waals surface area contributed by atoms with Crippen molar-refractivity contribution >= 4 is 39.4 Å². The molecule has 3 aromatic carbocycles. The van der Waals surface area contributed by atoms with E-state index in [1.807, 2.05) is 48.5 Å². The van der Waals surface area contributed by atoms with Crippen molar-refractivity contribution in [1.82, 2.24) is 0 Å². The van der Waals surface area contributed by atoms with E-state index >= 15 is 0 Å². The molecule has 5 heteroatoms. The van der Waals surface area contributed by atoms with E-state index in [0.717, 1.165) is 34.4 Å². The molecule has 0 aromatic heterocycles. The minimum Gasteiger partial charge on any atom is -0.383 e. The zero-order chi connectivity index (χ0) is 16.1. The molecule has 0 bridgehead atoms. The van der Waals surface area contributed by atoms with E-state index in [2.05, 4.69) is 21.6 Å². The third-order valence-electron chi connectivity index (χ3n) is 3.44. The molecule has 0 radical (unpaired) electrons. The Morgan fingerprint density at radius 2 is 1.74 bits per heavy atom. The highest BCUT2D eigenvalue weighted by molar-refractivity contribution is 6.30. The molecular formula is C18H17ClN4. The molecule has 0 spiro atoms. The SMILES string of the molecule is NCCNc1ccc(N=Nc2cccc(Cl)c2)c2ccccc12. The lowest BCUT2D eigenvalue weighted by Crippen LogP contribution is -2.13. The van der Waals surface area contributed by atoms with Gasteiger partial charge in [-0.15, -0.1) is 5.11 Å². The molecule has 0 aliphatic carbocycles. The summed E-state index contributed by atoms with van der Waals surface area (Å²) < 4.78 is 0. The standard InChI is InChI=1S/C18H17ClN4/c19-13-4-3-5-14(12-13)22-23-18-9-8-17(21-11-10-20)15-6-1-2-7-16(15)18/h1-9,12,21H,10-11,20H2. The van der Waals surface area contributed by atoms with Crippen molar-refractivity contribution in [2.75, 3.05) is 18.4 Å². The molecule has 3 rings (SSSR count). The van der Waals surface area contributed by atoms with Gasteiger partial charge in [-0.1, -0.05) is 41.9 Å². The predicted octanol–water partition coefficient (Wildman–Crippen LogP) is 5.28. The van der Waals surface area contributed by atoms with Gasteiger partial charge in [0.25, 0.3) is 0 Å². The largest absolute Gasteiger partial charge is 0.383 e. The average Bonchev–Trinajstić information content (AvgIpc) is 2.58. The highest BCUT2D eigenvalue weighted by atomic mass is 35.5. The van der Waals surface area contributed by atoms with Gasteiger partial charge in [0.2, 0.25) is 0 Å². The Morgan fingerprint density at radius 3 is 2.52 bits per heavy atom. The third-order valence-corrected chi connectivity index (χ3v) is 3.68. The number of azo groups is 1. The van der Waals surface area contributed by atoms with Gasteiger partial charge < -0.3 is 11.1 Å². The maximum atomic E-state index is 5.97. The van der Waals surface area contributed by atoms with Gasteiger partial charge in [-0.25, -0.2) is 0 Å². The van der Waals surface area contributed by atoms with E-state index in [9.17, 15) is 0 Å². The minimum absolute atomic E-state index is 0.588. The number of nitrogens with zero attached hydrogens (tertiary/aromatic N) is 2. The second-order valence-electron chi connectivity index (χ2n) is 5.07. The third kappa shape index (κ3) is 3.67. The van der Waals surface area contributed by atoms with E-state index in [1.54, 1.807) is 6.07 Å². The first kappa shape index (κ1) is 15.5. The molecule has 23 heavy (non-hydrogen) atoms. The summed E-state index contributed by atoms with van der Waals surface area (Å²) in [7, 11) is 0. The van der Waals surface area contributed by atoms with Crippen LogP contribution in [0.25, 0.3) is 10.8 Å². The van der Waals surface area contributed by atoms with E-state index in [1.165, 1.54) is 0 Å². The molecule has 0 aliphatic rings. The first-order chi connectivity index (χ1) is 11.3. The summed E-state index contributed by atoms with van der Waals surface area (Å²) in [5.74, 6) is 0. The molecule has 116 valence electrons. The number of nitrogens with one attached hydrogen (secondary N) is 1. The zero-order valence-corrected chi connectivity index (χ0v) is 13.3. The second kappa shape index (κ2) is 7.22. The zero-order valence-electron chi connectivity index (χ0n) is 12.5. The molecule has 0 fully saturated rings. The molecule has 0 saturated heterocycles. The lowest BCUT2D eigenvalue weighted by Gasteiger charge is -2.10. The Hall–Kier alpha value is -2.43. The maximum absolute atomic E-state index is 5.97. The van der Waals surface area contributed by atoms with Crippen LogP contribution in [0.1, 0.15) is 0 Å². The van der Waals surface area contributed by atoms with Gasteiger partial charge in [0.05, 0.1) is 11.4 Å². The summed E-state index contributed by atoms with van der Waals surface area (Å²) in [5, 5.41) is 14.8. The fourth-order valence-electron chi connectivity index (χ4n) is 2.38. The minimum atomic E-state index is 0.588. The molecule has 0 saturated carbocycles. The van der Waals surface area contributed by atoms with Crippen molar-refractivity contribution in [3.05, 3.63) is 65.7 Å². The van der Waals surface area contributed by atoms with Gasteiger partial charge in [-0.2, -0.15) is 5.11 Å². The van der Waals surface area contributed by atoms with Crippen LogP contribution < -0.4 is 11.1 Å². The topological polar surface area (TPSA) is 62.8 Å². The van der Waals surface area contributed by atoms with Crippen LogP contribution in [0.5, 0.6) is 0 Å². The highest BCUT2D eigenvalue weighted by Gasteiger charge is 2.05. The summed E-state index contributed by atoms with van der Waals surface area (Å²) in [6.45, 7) is 1.32. The summed E-state index contributed by atoms with van der Waals surface area (Å²) in [4.78, 5) is 0. The van der Waals surface area contributed by atoms with Gasteiger partial charge in [-0.05, 0) is 30.3 Å². The molecule has 4 nitrogen and oxygen atoms in total. The Bertz CT molecular complexity index is 845. The van der Waals surface area contributed by atoms with Crippen molar-refractivity contribution in [2.45, 2.75) is 0 Å². The Labute approximate surface area is 140 Å². The normalized spacial score (nSPS) is 11.2.